The van der Waals surface area contributed by atoms with Crippen molar-refractivity contribution in [3.63, 3.8) is 0 Å². The maximum Gasteiger partial charge on any atom is 0.514 e. The molecule has 0 saturated heterocycles. The Balaban J connectivity index is 2.44. The van der Waals surface area contributed by atoms with E-state index in [1.807, 2.05) is 0 Å². The van der Waals surface area contributed by atoms with Crippen LogP contribution in [0, 0.1) is 5.92 Å². The summed E-state index contributed by atoms with van der Waals surface area (Å²) >= 11 is 0. The smallest absolute Gasteiger partial charge is 0.480 e. The summed E-state index contributed by atoms with van der Waals surface area (Å²) in [5.41, 5.74) is 6.75. The van der Waals surface area contributed by atoms with Crippen LogP contribution in [0.5, 0.6) is 11.5 Å². The molecule has 0 fully saturated rings. The lowest BCUT2D eigenvalue weighted by Gasteiger charge is -2.31. The molecule has 0 radical (unpaired) electrons. The van der Waals surface area contributed by atoms with E-state index in [0.29, 0.717) is 11.1 Å². The predicted molar refractivity (Wildman–Crippen MR) is 140 cm³/mol. The van der Waals surface area contributed by atoms with Crippen LogP contribution in [0.15, 0.2) is 48.5 Å². The first-order valence-electron chi connectivity index (χ1n) is 12.4. The van der Waals surface area contributed by atoms with Gasteiger partial charge >= 0.3 is 24.2 Å². The molecule has 3 unspecified atom stereocenters. The van der Waals surface area contributed by atoms with Gasteiger partial charge in [0.05, 0.1) is 17.8 Å². The number of esters is 1. The number of aliphatic carboxylic acids is 1. The third-order valence-electron chi connectivity index (χ3n) is 5.68. The van der Waals surface area contributed by atoms with Crippen LogP contribution in [-0.2, 0) is 19.0 Å². The predicted octanol–water partition coefficient (Wildman–Crippen LogP) is 4.91. The highest BCUT2D eigenvalue weighted by Gasteiger charge is 2.36. The van der Waals surface area contributed by atoms with Crippen LogP contribution < -0.4 is 15.2 Å². The highest BCUT2D eigenvalue weighted by Crippen LogP contribution is 2.37. The summed E-state index contributed by atoms with van der Waals surface area (Å²) in [7, 11) is 0. The first kappa shape index (κ1) is 31.1. The Morgan fingerprint density at radius 3 is 1.79 bits per heavy atom. The zero-order valence-corrected chi connectivity index (χ0v) is 22.8. The molecule has 2 aromatic rings. The number of benzene rings is 2. The van der Waals surface area contributed by atoms with Crippen LogP contribution in [0.25, 0.3) is 0 Å². The molecule has 39 heavy (non-hydrogen) atoms. The van der Waals surface area contributed by atoms with Gasteiger partial charge in [-0.05, 0) is 64.4 Å². The number of carboxylic acids is 1. The number of ether oxygens (including phenoxy) is 5. The van der Waals surface area contributed by atoms with E-state index < -0.39 is 60.4 Å². The maximum atomic E-state index is 12.6. The van der Waals surface area contributed by atoms with Gasteiger partial charge < -0.3 is 34.5 Å². The van der Waals surface area contributed by atoms with Crippen molar-refractivity contribution in [1.29, 1.82) is 0 Å². The molecule has 0 amide bonds. The van der Waals surface area contributed by atoms with Crippen molar-refractivity contribution in [2.45, 2.75) is 71.8 Å². The van der Waals surface area contributed by atoms with Gasteiger partial charge in [-0.3, -0.25) is 4.79 Å². The Bertz CT molecular complexity index is 1150. The molecule has 11 nitrogen and oxygen atoms in total. The summed E-state index contributed by atoms with van der Waals surface area (Å²) in [5, 5.41) is 9.75. The molecule has 11 heteroatoms. The van der Waals surface area contributed by atoms with E-state index in [-0.39, 0.29) is 11.5 Å². The Labute approximate surface area is 227 Å². The molecule has 2 rings (SSSR count). The number of carbonyl (C=O) groups excluding carboxylic acids is 3. The number of carboxylic acid groups (broad SMARTS) is 1. The summed E-state index contributed by atoms with van der Waals surface area (Å²) in [6, 6.07) is 11.1. The van der Waals surface area contributed by atoms with E-state index in [1.165, 1.54) is 18.2 Å². The number of hydrogen-bond donors (Lipinski definition) is 2. The van der Waals surface area contributed by atoms with Gasteiger partial charge in [-0.25, -0.2) is 14.4 Å². The average Bonchev–Trinajstić information content (AvgIpc) is 2.84. The topological polar surface area (TPSA) is 161 Å². The Hall–Kier alpha value is -4.12. The maximum absolute atomic E-state index is 12.6. The minimum Gasteiger partial charge on any atom is -0.480 e. The van der Waals surface area contributed by atoms with Gasteiger partial charge in [-0.2, -0.15) is 0 Å². The fraction of sp³-hybridized carbons (Fsp3) is 0.429. The van der Waals surface area contributed by atoms with Crippen molar-refractivity contribution >= 4 is 24.2 Å². The van der Waals surface area contributed by atoms with E-state index in [0.717, 1.165) is 0 Å². The number of nitrogens with two attached hydrogens (primary N) is 1. The third-order valence-corrected chi connectivity index (χ3v) is 5.68. The van der Waals surface area contributed by atoms with Crippen LogP contribution in [0.2, 0.25) is 0 Å². The molecular formula is C28H35NO10. The fourth-order valence-electron chi connectivity index (χ4n) is 3.71. The van der Waals surface area contributed by atoms with Crippen LogP contribution in [0.4, 0.5) is 9.59 Å². The molecule has 0 aromatic heterocycles. The second-order valence-electron chi connectivity index (χ2n) is 9.47. The van der Waals surface area contributed by atoms with Gasteiger partial charge in [0.25, 0.3) is 0 Å². The standard InChI is InChI=1S/C28H35NO10/c1-15(2)35-27(33)38-21-13-12-20(14-22(21)39-28(34)36-16(3)4)23(24(29)25(30)31)17(5)18(6)37-26(32)19-10-8-7-9-11-19/h7-18,23-24H,29H2,1-6H3,(H,30,31)/t17?,18?,23?,24-/m1/s1. The van der Waals surface area contributed by atoms with Crippen molar-refractivity contribution in [2.24, 2.45) is 11.7 Å². The molecule has 0 aliphatic carbocycles. The molecular weight excluding hydrogens is 510 g/mol. The first-order valence-corrected chi connectivity index (χ1v) is 12.4. The number of hydrogen-bond acceptors (Lipinski definition) is 10. The molecule has 2 aromatic carbocycles. The molecule has 212 valence electrons. The average molecular weight is 546 g/mol. The Kier molecular flexibility index (Phi) is 11.3. The van der Waals surface area contributed by atoms with E-state index in [4.69, 9.17) is 29.4 Å². The lowest BCUT2D eigenvalue weighted by Crippen LogP contribution is -2.42. The van der Waals surface area contributed by atoms with Gasteiger partial charge in [0.2, 0.25) is 0 Å². The molecule has 4 atom stereocenters. The van der Waals surface area contributed by atoms with Crippen molar-refractivity contribution in [3.05, 3.63) is 59.7 Å². The molecule has 3 N–H and O–H groups in total. The zero-order valence-electron chi connectivity index (χ0n) is 22.8. The molecule has 0 aliphatic heterocycles. The van der Waals surface area contributed by atoms with E-state index >= 15 is 0 Å². The number of rotatable bonds is 11. The van der Waals surface area contributed by atoms with E-state index in [9.17, 15) is 24.3 Å². The van der Waals surface area contributed by atoms with Crippen molar-refractivity contribution < 1.29 is 48.0 Å². The van der Waals surface area contributed by atoms with Crippen LogP contribution in [0.1, 0.15) is 63.4 Å². The van der Waals surface area contributed by atoms with E-state index in [2.05, 4.69) is 0 Å². The number of carbonyl (C=O) groups is 4. The molecule has 0 saturated carbocycles. The second-order valence-corrected chi connectivity index (χ2v) is 9.47. The normalized spacial score (nSPS) is 14.1. The van der Waals surface area contributed by atoms with Crippen LogP contribution >= 0.6 is 0 Å². The van der Waals surface area contributed by atoms with E-state index in [1.54, 1.807) is 71.9 Å². The summed E-state index contributed by atoms with van der Waals surface area (Å²) < 4.78 is 26.1. The summed E-state index contributed by atoms with van der Waals surface area (Å²) in [5.74, 6) is -3.79. The highest BCUT2D eigenvalue weighted by molar-refractivity contribution is 5.89. The summed E-state index contributed by atoms with van der Waals surface area (Å²) in [4.78, 5) is 48.9. The van der Waals surface area contributed by atoms with Crippen molar-refractivity contribution in [2.75, 3.05) is 0 Å². The lowest BCUT2D eigenvalue weighted by molar-refractivity contribution is -0.139. The summed E-state index contributed by atoms with van der Waals surface area (Å²) in [6.07, 6.45) is -3.83. The molecule has 0 aliphatic rings. The molecule has 0 bridgehead atoms. The third kappa shape index (κ3) is 9.29. The van der Waals surface area contributed by atoms with Gasteiger partial charge in [0.1, 0.15) is 12.1 Å². The lowest BCUT2D eigenvalue weighted by atomic mass is 9.79. The second kappa shape index (κ2) is 14.1. The fourth-order valence-corrected chi connectivity index (χ4v) is 3.71. The molecule has 0 heterocycles. The van der Waals surface area contributed by atoms with Gasteiger partial charge in [-0.15, -0.1) is 0 Å². The van der Waals surface area contributed by atoms with Crippen molar-refractivity contribution in [3.8, 4) is 11.5 Å². The summed E-state index contributed by atoms with van der Waals surface area (Å²) in [6.45, 7) is 9.82. The minimum absolute atomic E-state index is 0.163. The van der Waals surface area contributed by atoms with Gasteiger partial charge in [0.15, 0.2) is 11.5 Å². The van der Waals surface area contributed by atoms with Crippen molar-refractivity contribution in [1.82, 2.24) is 0 Å². The minimum atomic E-state index is -1.42. The zero-order chi connectivity index (χ0) is 29.3. The highest BCUT2D eigenvalue weighted by atomic mass is 16.7. The monoisotopic (exact) mass is 545 g/mol. The quantitative estimate of drug-likeness (QED) is 0.224. The van der Waals surface area contributed by atoms with Crippen LogP contribution in [-0.4, -0.2) is 53.7 Å². The van der Waals surface area contributed by atoms with Gasteiger partial charge in [0, 0.05) is 11.8 Å². The SMILES string of the molecule is CC(C)OC(=O)Oc1ccc(C(C(C)C(C)OC(=O)c2ccccc2)[C@@H](N)C(=O)O)cc1OC(=O)OC(C)C. The Morgan fingerprint density at radius 1 is 0.744 bits per heavy atom. The van der Waals surface area contributed by atoms with Crippen LogP contribution in [0.3, 0.4) is 0 Å². The van der Waals surface area contributed by atoms with Gasteiger partial charge in [-0.1, -0.05) is 31.2 Å². The first-order chi connectivity index (χ1) is 18.3. The largest absolute Gasteiger partial charge is 0.514 e. The Morgan fingerprint density at radius 2 is 1.28 bits per heavy atom. The molecule has 0 spiro atoms.